The van der Waals surface area contributed by atoms with Crippen LogP contribution < -0.4 is 10.2 Å². The van der Waals surface area contributed by atoms with E-state index in [1.165, 1.54) is 5.00 Å². The second-order valence-corrected chi connectivity index (χ2v) is 7.53. The predicted octanol–water partition coefficient (Wildman–Crippen LogP) is 3.69. The van der Waals surface area contributed by atoms with E-state index < -0.39 is 0 Å². The lowest BCUT2D eigenvalue weighted by Gasteiger charge is -2.37. The fraction of sp³-hybridized carbons (Fsp3) is 0.333. The minimum absolute atomic E-state index is 0.504. The summed E-state index contributed by atoms with van der Waals surface area (Å²) in [5.74, 6) is 1.58. The van der Waals surface area contributed by atoms with Crippen molar-refractivity contribution in [3.8, 4) is 11.5 Å². The highest BCUT2D eigenvalue weighted by Gasteiger charge is 2.20. The molecule has 0 bridgehead atoms. The molecule has 28 heavy (non-hydrogen) atoms. The quantitative estimate of drug-likeness (QED) is 0.527. The molecule has 7 heteroatoms. The number of thiophene rings is 1. The number of nitrogens with one attached hydrogen (secondary N) is 1. The van der Waals surface area contributed by atoms with Gasteiger partial charge in [0, 0.05) is 38.3 Å². The molecule has 0 amide bonds. The first kappa shape index (κ1) is 18.6. The van der Waals surface area contributed by atoms with Gasteiger partial charge in [-0.25, -0.2) is 9.98 Å². The van der Waals surface area contributed by atoms with Crippen LogP contribution in [0.3, 0.4) is 0 Å². The lowest BCUT2D eigenvalue weighted by molar-refractivity contribution is 0.373. The van der Waals surface area contributed by atoms with Gasteiger partial charge >= 0.3 is 0 Å². The fourth-order valence-electron chi connectivity index (χ4n) is 3.26. The maximum absolute atomic E-state index is 5.62. The number of anilines is 1. The Hall–Kier alpha value is -2.80. The number of hydrogen-bond donors (Lipinski definition) is 1. The van der Waals surface area contributed by atoms with E-state index in [0.29, 0.717) is 12.4 Å². The average Bonchev–Trinajstić information content (AvgIpc) is 3.44. The molecule has 146 valence electrons. The molecule has 1 N–H and O–H groups in total. The van der Waals surface area contributed by atoms with Gasteiger partial charge < -0.3 is 19.5 Å². The smallest absolute Gasteiger partial charge is 0.226 e. The van der Waals surface area contributed by atoms with Gasteiger partial charge in [0.25, 0.3) is 0 Å². The Kier molecular flexibility index (Phi) is 5.92. The van der Waals surface area contributed by atoms with Gasteiger partial charge in [0.2, 0.25) is 5.89 Å². The molecule has 6 nitrogen and oxygen atoms in total. The zero-order chi connectivity index (χ0) is 19.2. The Balaban J connectivity index is 1.39. The number of nitrogens with zero attached hydrogens (tertiary/aromatic N) is 4. The number of rotatable bonds is 5. The molecule has 0 radical (unpaired) electrons. The topological polar surface area (TPSA) is 56.9 Å². The number of guanidine groups is 1. The van der Waals surface area contributed by atoms with Crippen molar-refractivity contribution in [1.82, 2.24) is 15.2 Å². The second kappa shape index (κ2) is 8.93. The third kappa shape index (κ3) is 4.36. The third-order valence-electron chi connectivity index (χ3n) is 4.70. The van der Waals surface area contributed by atoms with E-state index in [0.717, 1.165) is 49.9 Å². The lowest BCUT2D eigenvalue weighted by Crippen LogP contribution is -2.52. The summed E-state index contributed by atoms with van der Waals surface area (Å²) in [6.07, 6.45) is 1.70. The van der Waals surface area contributed by atoms with Gasteiger partial charge in [-0.3, -0.25) is 0 Å². The van der Waals surface area contributed by atoms with Gasteiger partial charge in [-0.2, -0.15) is 0 Å². The molecule has 3 aromatic rings. The highest BCUT2D eigenvalue weighted by molar-refractivity contribution is 7.14. The summed E-state index contributed by atoms with van der Waals surface area (Å²) in [6, 6.07) is 14.2. The zero-order valence-corrected chi connectivity index (χ0v) is 16.9. The van der Waals surface area contributed by atoms with Crippen molar-refractivity contribution in [2.75, 3.05) is 37.6 Å². The van der Waals surface area contributed by atoms with E-state index >= 15 is 0 Å². The molecule has 1 aromatic carbocycles. The van der Waals surface area contributed by atoms with E-state index in [1.54, 1.807) is 17.6 Å². The monoisotopic (exact) mass is 395 g/mol. The second-order valence-electron chi connectivity index (χ2n) is 6.61. The average molecular weight is 396 g/mol. The highest BCUT2D eigenvalue weighted by atomic mass is 32.1. The fourth-order valence-corrected chi connectivity index (χ4v) is 4.05. The van der Waals surface area contributed by atoms with Crippen LogP contribution in [-0.2, 0) is 6.54 Å². The minimum Gasteiger partial charge on any atom is -0.444 e. The third-order valence-corrected chi connectivity index (χ3v) is 5.62. The molecule has 0 aliphatic carbocycles. The van der Waals surface area contributed by atoms with Gasteiger partial charge in [0.1, 0.15) is 12.0 Å². The molecule has 1 aliphatic heterocycles. The van der Waals surface area contributed by atoms with Crippen LogP contribution in [0.1, 0.15) is 12.6 Å². The van der Waals surface area contributed by atoms with Crippen LogP contribution >= 0.6 is 11.3 Å². The van der Waals surface area contributed by atoms with Crippen molar-refractivity contribution in [2.24, 2.45) is 4.99 Å². The molecule has 0 saturated carbocycles. The molecule has 0 spiro atoms. The van der Waals surface area contributed by atoms with E-state index in [9.17, 15) is 0 Å². The molecular formula is C21H25N5OS. The van der Waals surface area contributed by atoms with E-state index in [1.807, 2.05) is 30.3 Å². The molecule has 0 atom stereocenters. The molecule has 1 saturated heterocycles. The summed E-state index contributed by atoms with van der Waals surface area (Å²) in [6.45, 7) is 7.37. The van der Waals surface area contributed by atoms with Crippen molar-refractivity contribution >= 4 is 22.3 Å². The predicted molar refractivity (Wildman–Crippen MR) is 115 cm³/mol. The molecule has 1 aliphatic rings. The Morgan fingerprint density at radius 3 is 2.68 bits per heavy atom. The van der Waals surface area contributed by atoms with Gasteiger partial charge in [-0.05, 0) is 36.6 Å². The Labute approximate surface area is 169 Å². The largest absolute Gasteiger partial charge is 0.444 e. The van der Waals surface area contributed by atoms with Gasteiger partial charge in [0.05, 0.1) is 11.5 Å². The van der Waals surface area contributed by atoms with Crippen LogP contribution in [0.4, 0.5) is 5.00 Å². The molecule has 4 rings (SSSR count). The Bertz CT molecular complexity index is 883. The summed E-state index contributed by atoms with van der Waals surface area (Å²) in [5, 5.41) is 6.89. The van der Waals surface area contributed by atoms with E-state index in [4.69, 9.17) is 9.41 Å². The number of piperazine rings is 1. The number of hydrogen-bond acceptors (Lipinski definition) is 5. The van der Waals surface area contributed by atoms with Gasteiger partial charge in [-0.15, -0.1) is 11.3 Å². The SMILES string of the molecule is CCNC(=NCc1coc(-c2ccccc2)n1)N1CCN(c2cccs2)CC1. The van der Waals surface area contributed by atoms with Crippen LogP contribution in [-0.4, -0.2) is 48.6 Å². The summed E-state index contributed by atoms with van der Waals surface area (Å²) in [4.78, 5) is 14.1. The van der Waals surface area contributed by atoms with Crippen molar-refractivity contribution in [3.05, 3.63) is 59.8 Å². The summed E-state index contributed by atoms with van der Waals surface area (Å²) in [7, 11) is 0. The van der Waals surface area contributed by atoms with Crippen LogP contribution in [0.15, 0.2) is 63.5 Å². The molecule has 2 aromatic heterocycles. The van der Waals surface area contributed by atoms with Crippen molar-refractivity contribution in [1.29, 1.82) is 0 Å². The van der Waals surface area contributed by atoms with Crippen molar-refractivity contribution in [2.45, 2.75) is 13.5 Å². The normalized spacial score (nSPS) is 15.1. The van der Waals surface area contributed by atoms with E-state index in [-0.39, 0.29) is 0 Å². The standard InChI is InChI=1S/C21H25N5OS/c1-2-22-21(26-12-10-25(11-13-26)19-9-6-14-28-19)23-15-18-16-27-20(24-18)17-7-4-3-5-8-17/h3-9,14,16H,2,10-13,15H2,1H3,(H,22,23). The maximum atomic E-state index is 5.62. The molecule has 1 fully saturated rings. The first-order chi connectivity index (χ1) is 13.8. The summed E-state index contributed by atoms with van der Waals surface area (Å²) >= 11 is 1.80. The lowest BCUT2D eigenvalue weighted by atomic mass is 10.2. The number of oxazole rings is 1. The zero-order valence-electron chi connectivity index (χ0n) is 16.0. The van der Waals surface area contributed by atoms with Crippen LogP contribution in [0.5, 0.6) is 0 Å². The van der Waals surface area contributed by atoms with Gasteiger partial charge in [-0.1, -0.05) is 18.2 Å². The van der Waals surface area contributed by atoms with Gasteiger partial charge in [0.15, 0.2) is 5.96 Å². The minimum atomic E-state index is 0.504. The van der Waals surface area contributed by atoms with Crippen LogP contribution in [0.25, 0.3) is 11.5 Å². The first-order valence-electron chi connectivity index (χ1n) is 9.65. The van der Waals surface area contributed by atoms with E-state index in [2.05, 4.69) is 44.5 Å². The summed E-state index contributed by atoms with van der Waals surface area (Å²) in [5.41, 5.74) is 1.82. The Morgan fingerprint density at radius 2 is 1.96 bits per heavy atom. The molecule has 0 unspecified atom stereocenters. The summed E-state index contributed by atoms with van der Waals surface area (Å²) < 4.78 is 5.62. The molecule has 3 heterocycles. The maximum Gasteiger partial charge on any atom is 0.226 e. The number of aromatic nitrogens is 1. The number of aliphatic imine (C=N–C) groups is 1. The number of benzene rings is 1. The highest BCUT2D eigenvalue weighted by Crippen LogP contribution is 2.22. The van der Waals surface area contributed by atoms with Crippen molar-refractivity contribution < 1.29 is 4.42 Å². The van der Waals surface area contributed by atoms with Crippen molar-refractivity contribution in [3.63, 3.8) is 0 Å². The van der Waals surface area contributed by atoms with Crippen LogP contribution in [0, 0.1) is 0 Å². The first-order valence-corrected chi connectivity index (χ1v) is 10.5. The molecular weight excluding hydrogens is 370 g/mol. The Morgan fingerprint density at radius 1 is 1.14 bits per heavy atom. The van der Waals surface area contributed by atoms with Crippen LogP contribution in [0.2, 0.25) is 0 Å².